The van der Waals surface area contributed by atoms with Crippen molar-refractivity contribution in [2.45, 2.75) is 18.8 Å². The maximum absolute atomic E-state index is 11.3. The second-order valence-electron chi connectivity index (χ2n) is 4.75. The Morgan fingerprint density at radius 1 is 1.32 bits per heavy atom. The van der Waals surface area contributed by atoms with Crippen LogP contribution in [0.2, 0.25) is 0 Å². The second-order valence-corrected chi connectivity index (χ2v) is 4.75. The molecule has 1 N–H and O–H groups in total. The summed E-state index contributed by atoms with van der Waals surface area (Å²) in [5.41, 5.74) is 0.596. The predicted octanol–water partition coefficient (Wildman–Crippen LogP) is 1.86. The van der Waals surface area contributed by atoms with Crippen LogP contribution >= 0.6 is 0 Å². The van der Waals surface area contributed by atoms with Gasteiger partial charge in [-0.15, -0.1) is 0 Å². The van der Waals surface area contributed by atoms with Crippen LogP contribution in [0.4, 0.5) is 5.69 Å². The molecule has 0 amide bonds. The third-order valence-corrected chi connectivity index (χ3v) is 3.44. The summed E-state index contributed by atoms with van der Waals surface area (Å²) in [5.74, 6) is -1.51. The molecule has 0 bridgehead atoms. The van der Waals surface area contributed by atoms with Gasteiger partial charge >= 0.3 is 5.97 Å². The normalized spacial score (nSPS) is 17.3. The molecular weight excluding hydrogens is 248 g/mol. The van der Waals surface area contributed by atoms with Crippen molar-refractivity contribution in [1.29, 1.82) is 0 Å². The fourth-order valence-corrected chi connectivity index (χ4v) is 2.38. The number of benzene rings is 1. The Balaban J connectivity index is 2.13. The SMILES string of the molecule is O=C(O)C(CN1CCCC1)c1ccc([N+](=O)[O-])cc1. The van der Waals surface area contributed by atoms with Crippen molar-refractivity contribution in [3.8, 4) is 0 Å². The number of rotatable bonds is 5. The van der Waals surface area contributed by atoms with Gasteiger partial charge in [0.2, 0.25) is 0 Å². The zero-order valence-corrected chi connectivity index (χ0v) is 10.5. The van der Waals surface area contributed by atoms with E-state index in [-0.39, 0.29) is 5.69 Å². The van der Waals surface area contributed by atoms with Crippen LogP contribution in [0.3, 0.4) is 0 Å². The second kappa shape index (κ2) is 5.79. The maximum atomic E-state index is 11.3. The smallest absolute Gasteiger partial charge is 0.312 e. The molecule has 19 heavy (non-hydrogen) atoms. The molecule has 1 atom stereocenters. The number of hydrogen-bond acceptors (Lipinski definition) is 4. The van der Waals surface area contributed by atoms with Crippen LogP contribution in [0.5, 0.6) is 0 Å². The van der Waals surface area contributed by atoms with Gasteiger partial charge in [-0.2, -0.15) is 0 Å². The van der Waals surface area contributed by atoms with Gasteiger partial charge in [0, 0.05) is 18.7 Å². The largest absolute Gasteiger partial charge is 0.481 e. The van der Waals surface area contributed by atoms with Gasteiger partial charge in [-0.3, -0.25) is 14.9 Å². The Kier molecular flexibility index (Phi) is 4.11. The molecule has 1 fully saturated rings. The quantitative estimate of drug-likeness (QED) is 0.648. The van der Waals surface area contributed by atoms with E-state index in [9.17, 15) is 20.0 Å². The molecule has 1 saturated heterocycles. The topological polar surface area (TPSA) is 83.7 Å². The van der Waals surface area contributed by atoms with Crippen molar-refractivity contribution in [2.75, 3.05) is 19.6 Å². The third kappa shape index (κ3) is 3.29. The summed E-state index contributed by atoms with van der Waals surface area (Å²) in [7, 11) is 0. The summed E-state index contributed by atoms with van der Waals surface area (Å²) in [5, 5.41) is 19.9. The van der Waals surface area contributed by atoms with Crippen LogP contribution in [0.1, 0.15) is 24.3 Å². The molecular formula is C13H16N2O4. The number of nitro benzene ring substituents is 1. The van der Waals surface area contributed by atoms with Crippen LogP contribution < -0.4 is 0 Å². The summed E-state index contributed by atoms with van der Waals surface area (Å²) in [6.45, 7) is 2.32. The first kappa shape index (κ1) is 13.5. The molecule has 1 aliphatic heterocycles. The number of aliphatic carboxylic acids is 1. The molecule has 6 nitrogen and oxygen atoms in total. The zero-order chi connectivity index (χ0) is 13.8. The molecule has 0 aromatic heterocycles. The highest BCUT2D eigenvalue weighted by Gasteiger charge is 2.25. The average Bonchev–Trinajstić information content (AvgIpc) is 2.88. The number of non-ortho nitro benzene ring substituents is 1. The minimum atomic E-state index is -0.888. The van der Waals surface area contributed by atoms with Gasteiger partial charge in [-0.1, -0.05) is 12.1 Å². The summed E-state index contributed by atoms with van der Waals surface area (Å²) >= 11 is 0. The van der Waals surface area contributed by atoms with Gasteiger partial charge in [0.15, 0.2) is 0 Å². The van der Waals surface area contributed by atoms with Gasteiger partial charge in [0.1, 0.15) is 0 Å². The molecule has 0 aliphatic carbocycles. The molecule has 2 rings (SSSR count). The van der Waals surface area contributed by atoms with Gasteiger partial charge in [-0.25, -0.2) is 0 Å². The number of carbonyl (C=O) groups is 1. The van der Waals surface area contributed by atoms with E-state index in [0.29, 0.717) is 12.1 Å². The van der Waals surface area contributed by atoms with Gasteiger partial charge < -0.3 is 10.0 Å². The van der Waals surface area contributed by atoms with Crippen molar-refractivity contribution in [1.82, 2.24) is 4.90 Å². The van der Waals surface area contributed by atoms with Gasteiger partial charge in [0.25, 0.3) is 5.69 Å². The molecule has 0 spiro atoms. The average molecular weight is 264 g/mol. The van der Waals surface area contributed by atoms with Crippen molar-refractivity contribution >= 4 is 11.7 Å². The Morgan fingerprint density at radius 3 is 2.37 bits per heavy atom. The monoisotopic (exact) mass is 264 g/mol. The van der Waals surface area contributed by atoms with Crippen molar-refractivity contribution in [3.63, 3.8) is 0 Å². The number of hydrogen-bond donors (Lipinski definition) is 1. The van der Waals surface area contributed by atoms with Crippen LogP contribution in [0, 0.1) is 10.1 Å². The highest BCUT2D eigenvalue weighted by molar-refractivity contribution is 5.76. The Bertz CT molecular complexity index is 466. The highest BCUT2D eigenvalue weighted by atomic mass is 16.6. The van der Waals surface area contributed by atoms with Crippen LogP contribution in [-0.4, -0.2) is 40.5 Å². The Labute approximate surface area is 110 Å². The van der Waals surface area contributed by atoms with Crippen molar-refractivity contribution in [2.24, 2.45) is 0 Å². The minimum absolute atomic E-state index is 0.0194. The first-order valence-corrected chi connectivity index (χ1v) is 6.27. The molecule has 0 radical (unpaired) electrons. The number of carboxylic acid groups (broad SMARTS) is 1. The summed E-state index contributed by atoms with van der Waals surface area (Å²) in [4.78, 5) is 23.6. The number of nitrogens with zero attached hydrogens (tertiary/aromatic N) is 2. The predicted molar refractivity (Wildman–Crippen MR) is 69.1 cm³/mol. The maximum Gasteiger partial charge on any atom is 0.312 e. The molecule has 1 aliphatic rings. The summed E-state index contributed by atoms with van der Waals surface area (Å²) in [6.07, 6.45) is 2.21. The third-order valence-electron chi connectivity index (χ3n) is 3.44. The summed E-state index contributed by atoms with van der Waals surface area (Å²) in [6, 6.07) is 5.78. The van der Waals surface area contributed by atoms with Gasteiger partial charge in [-0.05, 0) is 31.5 Å². The lowest BCUT2D eigenvalue weighted by Crippen LogP contribution is -2.29. The molecule has 6 heteroatoms. The van der Waals surface area contributed by atoms with E-state index in [0.717, 1.165) is 25.9 Å². The van der Waals surface area contributed by atoms with E-state index >= 15 is 0 Å². The van der Waals surface area contributed by atoms with Crippen LogP contribution in [-0.2, 0) is 4.79 Å². The zero-order valence-electron chi connectivity index (χ0n) is 10.5. The van der Waals surface area contributed by atoms with E-state index < -0.39 is 16.8 Å². The molecule has 1 aromatic carbocycles. The fourth-order valence-electron chi connectivity index (χ4n) is 2.38. The Hall–Kier alpha value is -1.95. The lowest BCUT2D eigenvalue weighted by molar-refractivity contribution is -0.384. The van der Waals surface area contributed by atoms with Crippen LogP contribution in [0.15, 0.2) is 24.3 Å². The first-order valence-electron chi connectivity index (χ1n) is 6.27. The number of likely N-dealkylation sites (tertiary alicyclic amines) is 1. The van der Waals surface area contributed by atoms with Crippen molar-refractivity contribution in [3.05, 3.63) is 39.9 Å². The minimum Gasteiger partial charge on any atom is -0.481 e. The van der Waals surface area contributed by atoms with Gasteiger partial charge in [0.05, 0.1) is 10.8 Å². The summed E-state index contributed by atoms with van der Waals surface area (Å²) < 4.78 is 0. The van der Waals surface area contributed by atoms with E-state index in [2.05, 4.69) is 4.90 Å². The highest BCUT2D eigenvalue weighted by Crippen LogP contribution is 2.22. The lowest BCUT2D eigenvalue weighted by atomic mass is 9.98. The number of carboxylic acids is 1. The molecule has 102 valence electrons. The number of nitro groups is 1. The molecule has 1 unspecified atom stereocenters. The van der Waals surface area contributed by atoms with Crippen molar-refractivity contribution < 1.29 is 14.8 Å². The lowest BCUT2D eigenvalue weighted by Gasteiger charge is -2.20. The van der Waals surface area contributed by atoms with E-state index in [1.54, 1.807) is 0 Å². The first-order chi connectivity index (χ1) is 9.08. The van der Waals surface area contributed by atoms with E-state index in [4.69, 9.17) is 0 Å². The molecule has 0 saturated carbocycles. The van der Waals surface area contributed by atoms with E-state index in [1.807, 2.05) is 0 Å². The van der Waals surface area contributed by atoms with Crippen LogP contribution in [0.25, 0.3) is 0 Å². The Morgan fingerprint density at radius 2 is 1.89 bits per heavy atom. The molecule has 1 heterocycles. The van der Waals surface area contributed by atoms with E-state index in [1.165, 1.54) is 24.3 Å². The fraction of sp³-hybridized carbons (Fsp3) is 0.462. The molecule has 1 aromatic rings. The standard InChI is InChI=1S/C13H16N2O4/c16-13(17)12(9-14-7-1-2-8-14)10-3-5-11(6-4-10)15(18)19/h3-6,12H,1-2,7-9H2,(H,16,17).